The summed E-state index contributed by atoms with van der Waals surface area (Å²) >= 11 is 1.20. The van der Waals surface area contributed by atoms with E-state index in [1.807, 2.05) is 56.8 Å². The number of benzene rings is 2. The molecule has 1 aliphatic rings. The number of imidazole rings is 1. The molecule has 0 bridgehead atoms. The second-order valence-corrected chi connectivity index (χ2v) is 13.7. The zero-order chi connectivity index (χ0) is 34.2. The summed E-state index contributed by atoms with van der Waals surface area (Å²) in [6, 6.07) is 12.6. The predicted molar refractivity (Wildman–Crippen MR) is 179 cm³/mol. The second kappa shape index (κ2) is 13.3. The second-order valence-electron chi connectivity index (χ2n) is 12.7. The maximum Gasteiger partial charge on any atom is 0.410 e. The summed E-state index contributed by atoms with van der Waals surface area (Å²) in [5.41, 5.74) is 3.28. The number of carbonyl (C=O) groups is 2. The van der Waals surface area contributed by atoms with Crippen molar-refractivity contribution in [2.24, 2.45) is 7.05 Å². The molecule has 1 aliphatic heterocycles. The van der Waals surface area contributed by atoms with Crippen LogP contribution in [-0.4, -0.2) is 68.2 Å². The number of aromatic nitrogens is 4. The highest BCUT2D eigenvalue weighted by molar-refractivity contribution is 7.16. The number of methoxy groups -OCH3 is 1. The number of ether oxygens (including phenoxy) is 4. The number of esters is 1. The number of fused-ring (bicyclic) bond motifs is 1. The SMILES string of the molecule is COC(=O)c1sc(-n2cnc3cc(-c4cnn(C)c4)ccc32)cc1OC(C)c1cccc(OC2CCN(C(=O)OC(C)(C)C)CC2)c1F. The third-order valence-electron chi connectivity index (χ3n) is 8.00. The number of aryl methyl sites for hydroxylation is 1. The number of thiophene rings is 1. The molecule has 1 unspecified atom stereocenters. The number of piperidine rings is 1. The van der Waals surface area contributed by atoms with Gasteiger partial charge in [-0.15, -0.1) is 11.3 Å². The Labute approximate surface area is 281 Å². The van der Waals surface area contributed by atoms with Crippen LogP contribution in [0.25, 0.3) is 27.2 Å². The maximum atomic E-state index is 15.9. The molecule has 0 N–H and O–H groups in total. The Bertz CT molecular complexity index is 1950. The van der Waals surface area contributed by atoms with Crippen LogP contribution in [0, 0.1) is 5.82 Å². The van der Waals surface area contributed by atoms with Crippen molar-refractivity contribution in [3.8, 4) is 27.6 Å². The molecular formula is C35H38FN5O6S. The summed E-state index contributed by atoms with van der Waals surface area (Å²) in [5.74, 6) is -0.733. The normalized spacial score (nSPS) is 14.6. The maximum absolute atomic E-state index is 15.9. The van der Waals surface area contributed by atoms with Crippen LogP contribution in [0.3, 0.4) is 0 Å². The Kier molecular flexibility index (Phi) is 9.15. The van der Waals surface area contributed by atoms with Gasteiger partial charge >= 0.3 is 12.1 Å². The van der Waals surface area contributed by atoms with E-state index in [9.17, 15) is 9.59 Å². The number of carbonyl (C=O) groups excluding carboxylic acids is 2. The highest BCUT2D eigenvalue weighted by Crippen LogP contribution is 2.38. The van der Waals surface area contributed by atoms with Crippen LogP contribution in [0.5, 0.6) is 11.5 Å². The smallest absolute Gasteiger partial charge is 0.410 e. The highest BCUT2D eigenvalue weighted by atomic mass is 32.1. The fourth-order valence-corrected chi connectivity index (χ4v) is 6.58. The van der Waals surface area contributed by atoms with E-state index in [-0.39, 0.29) is 34.1 Å². The molecule has 3 aromatic heterocycles. The third kappa shape index (κ3) is 7.01. The predicted octanol–water partition coefficient (Wildman–Crippen LogP) is 7.33. The summed E-state index contributed by atoms with van der Waals surface area (Å²) in [6.45, 7) is 8.11. The molecule has 0 saturated carbocycles. The van der Waals surface area contributed by atoms with E-state index in [0.717, 1.165) is 22.2 Å². The van der Waals surface area contributed by atoms with Gasteiger partial charge in [-0.3, -0.25) is 9.25 Å². The van der Waals surface area contributed by atoms with Gasteiger partial charge in [0, 0.05) is 56.4 Å². The molecule has 13 heteroatoms. The number of hydrogen-bond acceptors (Lipinski definition) is 9. The highest BCUT2D eigenvalue weighted by Gasteiger charge is 2.29. The standard InChI is InChI=1S/C35H38FN5O6S/c1-21(25-8-7-9-28(31(25)36)46-24-12-14-40(15-13-24)34(43)47-35(2,3)4)45-29-17-30(48-32(29)33(42)44-6)41-20-37-26-16-22(10-11-27(26)41)23-18-38-39(5)19-23/h7-11,16-21,24H,12-15H2,1-6H3. The van der Waals surface area contributed by atoms with Gasteiger partial charge in [-0.05, 0) is 51.5 Å². The molecule has 1 fully saturated rings. The van der Waals surface area contributed by atoms with Gasteiger partial charge < -0.3 is 23.8 Å². The van der Waals surface area contributed by atoms with Crippen LogP contribution in [0.15, 0.2) is 61.2 Å². The van der Waals surface area contributed by atoms with E-state index in [2.05, 4.69) is 10.1 Å². The van der Waals surface area contributed by atoms with Crippen LogP contribution in [0.1, 0.15) is 61.9 Å². The van der Waals surface area contributed by atoms with Crippen molar-refractivity contribution in [1.82, 2.24) is 24.2 Å². The molecule has 1 amide bonds. The van der Waals surface area contributed by atoms with E-state index in [4.69, 9.17) is 18.9 Å². The summed E-state index contributed by atoms with van der Waals surface area (Å²) in [6.07, 6.45) is 5.12. The Hall–Kier alpha value is -4.91. The molecule has 6 rings (SSSR count). The van der Waals surface area contributed by atoms with Crippen LogP contribution in [0.4, 0.5) is 9.18 Å². The molecule has 5 aromatic rings. The Balaban J connectivity index is 1.18. The van der Waals surface area contributed by atoms with Crippen molar-refractivity contribution in [2.75, 3.05) is 20.2 Å². The minimum Gasteiger partial charge on any atom is -0.487 e. The molecule has 0 radical (unpaired) electrons. The Morgan fingerprint density at radius 2 is 1.83 bits per heavy atom. The van der Waals surface area contributed by atoms with Gasteiger partial charge in [0.1, 0.15) is 34.9 Å². The van der Waals surface area contributed by atoms with Crippen molar-refractivity contribution in [1.29, 1.82) is 0 Å². The zero-order valence-corrected chi connectivity index (χ0v) is 28.5. The molecule has 4 heterocycles. The molecule has 48 heavy (non-hydrogen) atoms. The summed E-state index contributed by atoms with van der Waals surface area (Å²) < 4.78 is 42.3. The minimum absolute atomic E-state index is 0.105. The first-order valence-electron chi connectivity index (χ1n) is 15.7. The Morgan fingerprint density at radius 3 is 2.52 bits per heavy atom. The zero-order valence-electron chi connectivity index (χ0n) is 27.7. The van der Waals surface area contributed by atoms with E-state index < -0.39 is 23.5 Å². The van der Waals surface area contributed by atoms with Gasteiger partial charge in [-0.2, -0.15) is 5.10 Å². The topological polar surface area (TPSA) is 110 Å². The van der Waals surface area contributed by atoms with Crippen molar-refractivity contribution in [2.45, 2.75) is 58.3 Å². The Morgan fingerprint density at radius 1 is 1.06 bits per heavy atom. The lowest BCUT2D eigenvalue weighted by molar-refractivity contribution is 0.0122. The molecule has 0 aliphatic carbocycles. The van der Waals surface area contributed by atoms with Crippen molar-refractivity contribution in [3.63, 3.8) is 0 Å². The van der Waals surface area contributed by atoms with Gasteiger partial charge in [-0.25, -0.2) is 19.0 Å². The quantitative estimate of drug-likeness (QED) is 0.157. The lowest BCUT2D eigenvalue weighted by Gasteiger charge is -2.33. The fraction of sp³-hybridized carbons (Fsp3) is 0.371. The van der Waals surface area contributed by atoms with Gasteiger partial charge in [0.05, 0.1) is 24.3 Å². The van der Waals surface area contributed by atoms with Crippen LogP contribution in [-0.2, 0) is 16.5 Å². The summed E-state index contributed by atoms with van der Waals surface area (Å²) in [4.78, 5) is 31.7. The van der Waals surface area contributed by atoms with E-state index in [0.29, 0.717) is 30.9 Å². The van der Waals surface area contributed by atoms with Crippen molar-refractivity contribution < 1.29 is 32.9 Å². The molecule has 252 valence electrons. The van der Waals surface area contributed by atoms with Gasteiger partial charge in [0.25, 0.3) is 0 Å². The van der Waals surface area contributed by atoms with Crippen LogP contribution < -0.4 is 9.47 Å². The van der Waals surface area contributed by atoms with Gasteiger partial charge in [0.15, 0.2) is 16.4 Å². The largest absolute Gasteiger partial charge is 0.487 e. The van der Waals surface area contributed by atoms with Gasteiger partial charge in [0.2, 0.25) is 0 Å². The van der Waals surface area contributed by atoms with Crippen LogP contribution in [0.2, 0.25) is 0 Å². The third-order valence-corrected chi connectivity index (χ3v) is 9.10. The van der Waals surface area contributed by atoms with E-state index >= 15 is 4.39 Å². The van der Waals surface area contributed by atoms with Crippen molar-refractivity contribution in [3.05, 3.63) is 77.4 Å². The summed E-state index contributed by atoms with van der Waals surface area (Å²) in [7, 11) is 3.17. The summed E-state index contributed by atoms with van der Waals surface area (Å²) in [5, 5.41) is 4.93. The van der Waals surface area contributed by atoms with Crippen LogP contribution >= 0.6 is 11.3 Å². The monoisotopic (exact) mass is 675 g/mol. The number of likely N-dealkylation sites (tertiary alicyclic amines) is 1. The molecule has 1 atom stereocenters. The number of nitrogens with zero attached hydrogens (tertiary/aromatic N) is 5. The van der Waals surface area contributed by atoms with Gasteiger partial charge in [-0.1, -0.05) is 18.2 Å². The minimum atomic E-state index is -0.769. The average molecular weight is 676 g/mol. The first-order valence-corrected chi connectivity index (χ1v) is 16.5. The number of amides is 1. The average Bonchev–Trinajstić information content (AvgIpc) is 3.79. The van der Waals surface area contributed by atoms with E-state index in [1.54, 1.807) is 53.3 Å². The first-order chi connectivity index (χ1) is 22.9. The molecular weight excluding hydrogens is 637 g/mol. The van der Waals surface area contributed by atoms with E-state index in [1.165, 1.54) is 18.4 Å². The molecule has 2 aromatic carbocycles. The number of rotatable bonds is 8. The molecule has 11 nitrogen and oxygen atoms in total. The number of halogens is 1. The molecule has 0 spiro atoms. The number of hydrogen-bond donors (Lipinski definition) is 0. The lowest BCUT2D eigenvalue weighted by atomic mass is 10.1. The molecule has 1 saturated heterocycles. The fourth-order valence-electron chi connectivity index (χ4n) is 5.59. The first kappa shape index (κ1) is 33.0. The van der Waals surface area contributed by atoms with Crippen molar-refractivity contribution >= 4 is 34.4 Å². The lowest BCUT2D eigenvalue weighted by Crippen LogP contribution is -2.44.